The summed E-state index contributed by atoms with van der Waals surface area (Å²) >= 11 is 6.18. The number of aliphatic hydroxyl groups excluding tert-OH is 1. The Morgan fingerprint density at radius 3 is 2.88 bits per heavy atom. The van der Waals surface area contributed by atoms with E-state index in [-0.39, 0.29) is 6.61 Å². The predicted octanol–water partition coefficient (Wildman–Crippen LogP) is 2.90. The highest BCUT2D eigenvalue weighted by molar-refractivity contribution is 6.33. The molecule has 0 bridgehead atoms. The molecule has 88 valence electrons. The number of aromatic nitrogens is 1. The van der Waals surface area contributed by atoms with E-state index in [0.29, 0.717) is 16.5 Å². The quantitative estimate of drug-likeness (QED) is 0.910. The van der Waals surface area contributed by atoms with Crippen LogP contribution >= 0.6 is 11.6 Å². The van der Waals surface area contributed by atoms with E-state index in [0.717, 1.165) is 11.1 Å². The molecule has 2 rings (SSSR count). The number of hydrogen-bond acceptors (Lipinski definition) is 3. The van der Waals surface area contributed by atoms with Crippen molar-refractivity contribution in [2.45, 2.75) is 6.61 Å². The number of methoxy groups -OCH3 is 1. The van der Waals surface area contributed by atoms with Crippen LogP contribution in [0.5, 0.6) is 5.75 Å². The largest absolute Gasteiger partial charge is 0.496 e. The van der Waals surface area contributed by atoms with Crippen molar-refractivity contribution >= 4 is 11.6 Å². The zero-order valence-corrected chi connectivity index (χ0v) is 10.1. The molecule has 0 amide bonds. The molecule has 3 nitrogen and oxygen atoms in total. The van der Waals surface area contributed by atoms with Gasteiger partial charge in [0.15, 0.2) is 0 Å². The van der Waals surface area contributed by atoms with Crippen LogP contribution in [0.25, 0.3) is 11.1 Å². The van der Waals surface area contributed by atoms with Gasteiger partial charge < -0.3 is 9.84 Å². The lowest BCUT2D eigenvalue weighted by atomic mass is 10.0. The van der Waals surface area contributed by atoms with Gasteiger partial charge >= 0.3 is 0 Å². The first-order valence-corrected chi connectivity index (χ1v) is 5.52. The fourth-order valence-electron chi connectivity index (χ4n) is 1.67. The van der Waals surface area contributed by atoms with Gasteiger partial charge in [-0.25, -0.2) is 0 Å². The van der Waals surface area contributed by atoms with Gasteiger partial charge in [0, 0.05) is 11.8 Å². The molecular formula is C13H12ClNO2. The highest BCUT2D eigenvalue weighted by Gasteiger charge is 2.10. The first-order valence-electron chi connectivity index (χ1n) is 5.15. The molecule has 0 fully saturated rings. The molecule has 1 aromatic carbocycles. The number of nitrogens with zero attached hydrogens (tertiary/aromatic N) is 1. The van der Waals surface area contributed by atoms with E-state index in [1.165, 1.54) is 0 Å². The van der Waals surface area contributed by atoms with Crippen LogP contribution in [0.2, 0.25) is 5.02 Å². The molecule has 0 unspecified atom stereocenters. The lowest BCUT2D eigenvalue weighted by Gasteiger charge is -2.10. The average molecular weight is 250 g/mol. The van der Waals surface area contributed by atoms with Crippen molar-refractivity contribution in [1.29, 1.82) is 0 Å². The molecule has 1 N–H and O–H groups in total. The summed E-state index contributed by atoms with van der Waals surface area (Å²) in [5.74, 6) is 0.701. The lowest BCUT2D eigenvalue weighted by molar-refractivity contribution is 0.277. The molecule has 17 heavy (non-hydrogen) atoms. The molecule has 0 atom stereocenters. The van der Waals surface area contributed by atoms with Crippen LogP contribution in [0.4, 0.5) is 0 Å². The lowest BCUT2D eigenvalue weighted by Crippen LogP contribution is -1.92. The Kier molecular flexibility index (Phi) is 3.61. The average Bonchev–Trinajstić information content (AvgIpc) is 2.38. The van der Waals surface area contributed by atoms with Crippen molar-refractivity contribution < 1.29 is 9.84 Å². The SMILES string of the molecule is COc1cccc(Cl)c1-c1ccnc(CO)c1. The highest BCUT2D eigenvalue weighted by Crippen LogP contribution is 2.36. The number of benzene rings is 1. The summed E-state index contributed by atoms with van der Waals surface area (Å²) in [5, 5.41) is 9.69. The number of hydrogen-bond donors (Lipinski definition) is 1. The second kappa shape index (κ2) is 5.17. The minimum atomic E-state index is -0.0966. The highest BCUT2D eigenvalue weighted by atomic mass is 35.5. The van der Waals surface area contributed by atoms with E-state index < -0.39 is 0 Å². The van der Waals surface area contributed by atoms with Crippen LogP contribution in [0.3, 0.4) is 0 Å². The molecule has 0 aliphatic heterocycles. The van der Waals surface area contributed by atoms with Crippen LogP contribution < -0.4 is 4.74 Å². The molecule has 0 saturated carbocycles. The van der Waals surface area contributed by atoms with Crippen LogP contribution in [-0.4, -0.2) is 17.2 Å². The van der Waals surface area contributed by atoms with Gasteiger partial charge in [-0.1, -0.05) is 17.7 Å². The summed E-state index contributed by atoms with van der Waals surface area (Å²) in [4.78, 5) is 4.03. The molecule has 0 saturated heterocycles. The number of rotatable bonds is 3. The van der Waals surface area contributed by atoms with E-state index in [1.807, 2.05) is 18.2 Å². The fraction of sp³-hybridized carbons (Fsp3) is 0.154. The van der Waals surface area contributed by atoms with Gasteiger partial charge in [-0.2, -0.15) is 0 Å². The monoisotopic (exact) mass is 249 g/mol. The summed E-state index contributed by atoms with van der Waals surface area (Å²) in [6.07, 6.45) is 1.64. The van der Waals surface area contributed by atoms with Gasteiger partial charge in [-0.15, -0.1) is 0 Å². The molecule has 0 aliphatic rings. The summed E-state index contributed by atoms with van der Waals surface area (Å²) < 4.78 is 5.29. The number of pyridine rings is 1. The number of halogens is 1. The maximum Gasteiger partial charge on any atom is 0.128 e. The van der Waals surface area contributed by atoms with Crippen LogP contribution in [0.1, 0.15) is 5.69 Å². The summed E-state index contributed by atoms with van der Waals surface area (Å²) in [7, 11) is 1.60. The smallest absolute Gasteiger partial charge is 0.128 e. The van der Waals surface area contributed by atoms with Gasteiger partial charge in [-0.3, -0.25) is 4.98 Å². The molecule has 4 heteroatoms. The minimum absolute atomic E-state index is 0.0966. The third-order valence-corrected chi connectivity index (χ3v) is 2.78. The molecule has 0 spiro atoms. The zero-order valence-electron chi connectivity index (χ0n) is 9.35. The minimum Gasteiger partial charge on any atom is -0.496 e. The molecule has 1 aromatic heterocycles. The molecule has 0 aliphatic carbocycles. The zero-order chi connectivity index (χ0) is 12.3. The standard InChI is InChI=1S/C13H12ClNO2/c1-17-12-4-2-3-11(14)13(12)9-5-6-15-10(7-9)8-16/h2-7,16H,8H2,1H3. The third kappa shape index (κ3) is 2.40. The van der Waals surface area contributed by atoms with Crippen molar-refractivity contribution in [3.63, 3.8) is 0 Å². The predicted molar refractivity (Wildman–Crippen MR) is 67.2 cm³/mol. The maximum absolute atomic E-state index is 9.08. The van der Waals surface area contributed by atoms with Crippen molar-refractivity contribution in [3.8, 4) is 16.9 Å². The number of ether oxygens (including phenoxy) is 1. The van der Waals surface area contributed by atoms with E-state index in [9.17, 15) is 0 Å². The van der Waals surface area contributed by atoms with Gasteiger partial charge in [0.2, 0.25) is 0 Å². The van der Waals surface area contributed by atoms with Crippen molar-refractivity contribution in [1.82, 2.24) is 4.98 Å². The maximum atomic E-state index is 9.08. The van der Waals surface area contributed by atoms with Gasteiger partial charge in [0.05, 0.1) is 24.4 Å². The van der Waals surface area contributed by atoms with Gasteiger partial charge in [0.25, 0.3) is 0 Å². The Bertz CT molecular complexity index is 529. The van der Waals surface area contributed by atoms with E-state index in [4.69, 9.17) is 21.4 Å². The Balaban J connectivity index is 2.58. The van der Waals surface area contributed by atoms with Crippen molar-refractivity contribution in [2.24, 2.45) is 0 Å². The van der Waals surface area contributed by atoms with Gasteiger partial charge in [-0.05, 0) is 29.8 Å². The van der Waals surface area contributed by atoms with Crippen LogP contribution in [0, 0.1) is 0 Å². The Morgan fingerprint density at radius 2 is 2.18 bits per heavy atom. The van der Waals surface area contributed by atoms with Crippen molar-refractivity contribution in [3.05, 3.63) is 47.2 Å². The van der Waals surface area contributed by atoms with E-state index in [2.05, 4.69) is 4.98 Å². The number of aliphatic hydroxyl groups is 1. The molecule has 0 radical (unpaired) electrons. The Morgan fingerprint density at radius 1 is 1.35 bits per heavy atom. The summed E-state index contributed by atoms with van der Waals surface area (Å²) in [6.45, 7) is -0.0966. The molecule has 2 aromatic rings. The Labute approximate surface area is 105 Å². The van der Waals surface area contributed by atoms with Crippen LogP contribution in [0.15, 0.2) is 36.5 Å². The van der Waals surface area contributed by atoms with Crippen molar-refractivity contribution in [2.75, 3.05) is 7.11 Å². The first kappa shape index (κ1) is 11.9. The molecular weight excluding hydrogens is 238 g/mol. The second-order valence-electron chi connectivity index (χ2n) is 3.51. The summed E-state index contributed by atoms with van der Waals surface area (Å²) in [6, 6.07) is 9.12. The first-order chi connectivity index (χ1) is 8.26. The second-order valence-corrected chi connectivity index (χ2v) is 3.92. The topological polar surface area (TPSA) is 42.4 Å². The summed E-state index contributed by atoms with van der Waals surface area (Å²) in [5.41, 5.74) is 2.30. The van der Waals surface area contributed by atoms with E-state index >= 15 is 0 Å². The fourth-order valence-corrected chi connectivity index (χ4v) is 1.95. The van der Waals surface area contributed by atoms with Crippen LogP contribution in [-0.2, 0) is 6.61 Å². The molecule has 1 heterocycles. The normalized spacial score (nSPS) is 10.3. The van der Waals surface area contributed by atoms with Gasteiger partial charge in [0.1, 0.15) is 5.75 Å². The third-order valence-electron chi connectivity index (χ3n) is 2.46. The van der Waals surface area contributed by atoms with E-state index in [1.54, 1.807) is 25.4 Å². The Hall–Kier alpha value is -1.58.